The number of thioether (sulfide) groups is 1. The first-order valence-electron chi connectivity index (χ1n) is 17.5. The van der Waals surface area contributed by atoms with Gasteiger partial charge >= 0.3 is 6.09 Å². The Morgan fingerprint density at radius 2 is 1.55 bits per heavy atom. The molecule has 4 rings (SSSR count). The number of carbonyl (C=O) groups excluding carboxylic acids is 3. The van der Waals surface area contributed by atoms with Gasteiger partial charge in [0.25, 0.3) is 0 Å². The summed E-state index contributed by atoms with van der Waals surface area (Å²) in [5.41, 5.74) is 0.788. The third-order valence-electron chi connectivity index (χ3n) is 9.06. The molecule has 2 saturated carbocycles. The first-order valence-corrected chi connectivity index (χ1v) is 18.5. The zero-order valence-corrected chi connectivity index (χ0v) is 29.2. The van der Waals surface area contributed by atoms with Crippen molar-refractivity contribution in [2.45, 2.75) is 139 Å². The van der Waals surface area contributed by atoms with Gasteiger partial charge in [0.1, 0.15) is 17.7 Å². The Hall–Kier alpha value is -3.05. The third-order valence-corrected chi connectivity index (χ3v) is 10.5. The maximum absolute atomic E-state index is 14.1. The second kappa shape index (κ2) is 18.5. The Morgan fingerprint density at radius 3 is 2.19 bits per heavy atom. The fraction of sp³-hybridized carbons (Fsp3) is 0.667. The summed E-state index contributed by atoms with van der Waals surface area (Å²) >= 11 is 1.82. The molecule has 5 N–H and O–H groups in total. The van der Waals surface area contributed by atoms with Gasteiger partial charge in [0, 0.05) is 35.7 Å². The van der Waals surface area contributed by atoms with E-state index in [2.05, 4.69) is 25.9 Å². The molecule has 0 unspecified atom stereocenters. The van der Waals surface area contributed by atoms with Crippen LogP contribution in [0.2, 0.25) is 0 Å². The molecule has 0 bridgehead atoms. The maximum atomic E-state index is 14.1. The number of ether oxygens (including phenoxy) is 1. The number of aromatic nitrogens is 2. The van der Waals surface area contributed by atoms with E-state index in [4.69, 9.17) is 4.74 Å². The van der Waals surface area contributed by atoms with Crippen LogP contribution in [-0.4, -0.2) is 73.8 Å². The first kappa shape index (κ1) is 36.8. The molecule has 0 saturated heterocycles. The number of aliphatic hydroxyl groups is 1. The molecule has 1 heterocycles. The summed E-state index contributed by atoms with van der Waals surface area (Å²) in [6.07, 6.45) is 14.7. The van der Waals surface area contributed by atoms with Crippen LogP contribution in [0, 0.1) is 5.92 Å². The van der Waals surface area contributed by atoms with Crippen LogP contribution in [0.15, 0.2) is 42.9 Å². The van der Waals surface area contributed by atoms with Crippen molar-refractivity contribution < 1.29 is 24.2 Å². The number of aromatic amines is 1. The Kier molecular flexibility index (Phi) is 14.5. The largest absolute Gasteiger partial charge is 0.444 e. The van der Waals surface area contributed by atoms with Gasteiger partial charge < -0.3 is 30.8 Å². The molecule has 2 aliphatic rings. The Labute approximate surface area is 284 Å². The third kappa shape index (κ3) is 13.2. The van der Waals surface area contributed by atoms with E-state index in [9.17, 15) is 19.5 Å². The van der Waals surface area contributed by atoms with Crippen LogP contribution in [0.1, 0.15) is 103 Å². The van der Waals surface area contributed by atoms with E-state index >= 15 is 0 Å². The molecule has 0 aliphatic heterocycles. The second-order valence-electron chi connectivity index (χ2n) is 14.2. The van der Waals surface area contributed by atoms with Crippen LogP contribution in [-0.2, 0) is 27.2 Å². The Morgan fingerprint density at radius 1 is 0.915 bits per heavy atom. The Bertz CT molecular complexity index is 1230. The highest BCUT2D eigenvalue weighted by Crippen LogP contribution is 2.31. The molecule has 0 spiro atoms. The van der Waals surface area contributed by atoms with Crippen molar-refractivity contribution >= 4 is 29.7 Å². The smallest absolute Gasteiger partial charge is 0.408 e. The van der Waals surface area contributed by atoms with Crippen LogP contribution in [0.25, 0.3) is 0 Å². The van der Waals surface area contributed by atoms with Crippen LogP contribution in [0.3, 0.4) is 0 Å². The average molecular weight is 670 g/mol. The standard InChI is InChI=1S/C36H55N5O5S/c1-36(2,3)46-35(45)41-30(20-26-15-9-5-10-16-26)33(43)40-31(21-27-22-37-24-38-27)34(44)39-29(19-25-13-7-4-8-14-25)32(42)23-47-28-17-11-6-12-18-28/h5,9-10,15-16,22,24-25,28-32,42H,4,6-8,11-14,17-21,23H2,1-3H3,(H,37,38)(H,39,44)(H,40,43)(H,41,45)/t29-,30-,31-,32+/m0/s1. The van der Waals surface area contributed by atoms with Crippen LogP contribution in [0.5, 0.6) is 0 Å². The highest BCUT2D eigenvalue weighted by Gasteiger charge is 2.33. The minimum atomic E-state index is -0.986. The van der Waals surface area contributed by atoms with Crippen LogP contribution >= 0.6 is 11.8 Å². The van der Waals surface area contributed by atoms with E-state index in [1.165, 1.54) is 57.7 Å². The van der Waals surface area contributed by atoms with Gasteiger partial charge in [0.2, 0.25) is 11.8 Å². The zero-order valence-electron chi connectivity index (χ0n) is 28.3. The van der Waals surface area contributed by atoms with Crippen LogP contribution in [0.4, 0.5) is 4.79 Å². The number of benzene rings is 1. The quantitative estimate of drug-likeness (QED) is 0.170. The van der Waals surface area contributed by atoms with Gasteiger partial charge in [-0.25, -0.2) is 9.78 Å². The number of hydrogen-bond donors (Lipinski definition) is 5. The van der Waals surface area contributed by atoms with Crippen molar-refractivity contribution in [2.75, 3.05) is 5.75 Å². The van der Waals surface area contributed by atoms with Crippen molar-refractivity contribution in [1.29, 1.82) is 0 Å². The molecule has 2 aliphatic carbocycles. The summed E-state index contributed by atoms with van der Waals surface area (Å²) in [6.45, 7) is 5.28. The fourth-order valence-corrected chi connectivity index (χ4v) is 7.94. The van der Waals surface area contributed by atoms with Crippen LogP contribution < -0.4 is 16.0 Å². The second-order valence-corrected chi connectivity index (χ2v) is 15.6. The average Bonchev–Trinajstić information content (AvgIpc) is 3.56. The Balaban J connectivity index is 1.50. The predicted octanol–water partition coefficient (Wildman–Crippen LogP) is 5.46. The van der Waals surface area contributed by atoms with Gasteiger partial charge in [0.05, 0.1) is 18.5 Å². The molecule has 1 aromatic heterocycles. The molecular weight excluding hydrogens is 614 g/mol. The summed E-state index contributed by atoms with van der Waals surface area (Å²) in [5, 5.41) is 20.8. The van der Waals surface area contributed by atoms with E-state index in [1.54, 1.807) is 27.0 Å². The van der Waals surface area contributed by atoms with Crippen molar-refractivity contribution in [3.05, 3.63) is 54.1 Å². The molecule has 260 valence electrons. The van der Waals surface area contributed by atoms with E-state index in [0.717, 1.165) is 18.4 Å². The van der Waals surface area contributed by atoms with E-state index in [0.29, 0.717) is 29.0 Å². The number of imidazole rings is 1. The lowest BCUT2D eigenvalue weighted by atomic mass is 9.83. The molecule has 4 atom stereocenters. The minimum Gasteiger partial charge on any atom is -0.444 e. The van der Waals surface area contributed by atoms with Gasteiger partial charge in [-0.2, -0.15) is 11.8 Å². The number of aliphatic hydroxyl groups excluding tert-OH is 1. The first-order chi connectivity index (χ1) is 22.6. The molecule has 10 nitrogen and oxygen atoms in total. The highest BCUT2D eigenvalue weighted by molar-refractivity contribution is 7.99. The van der Waals surface area contributed by atoms with Gasteiger partial charge in [0.15, 0.2) is 0 Å². The summed E-state index contributed by atoms with van der Waals surface area (Å²) in [7, 11) is 0. The zero-order chi connectivity index (χ0) is 33.6. The van der Waals surface area contributed by atoms with Crippen molar-refractivity contribution in [2.24, 2.45) is 5.92 Å². The number of alkyl carbamates (subject to hydrolysis) is 1. The molecule has 3 amide bonds. The minimum absolute atomic E-state index is 0.172. The van der Waals surface area contributed by atoms with Crippen molar-refractivity contribution in [3.63, 3.8) is 0 Å². The highest BCUT2D eigenvalue weighted by atomic mass is 32.2. The lowest BCUT2D eigenvalue weighted by Crippen LogP contribution is -2.58. The molecule has 1 aromatic carbocycles. The maximum Gasteiger partial charge on any atom is 0.408 e. The number of H-pyrrole nitrogens is 1. The van der Waals surface area contributed by atoms with Crippen molar-refractivity contribution in [3.8, 4) is 0 Å². The van der Waals surface area contributed by atoms with Gasteiger partial charge in [-0.3, -0.25) is 9.59 Å². The number of hydrogen-bond acceptors (Lipinski definition) is 7. The molecule has 2 aromatic rings. The summed E-state index contributed by atoms with van der Waals surface area (Å²) < 4.78 is 5.46. The topological polar surface area (TPSA) is 145 Å². The molecule has 0 radical (unpaired) electrons. The monoisotopic (exact) mass is 669 g/mol. The van der Waals surface area contributed by atoms with Crippen molar-refractivity contribution in [1.82, 2.24) is 25.9 Å². The van der Waals surface area contributed by atoms with E-state index < -0.39 is 41.8 Å². The van der Waals surface area contributed by atoms with E-state index in [1.807, 2.05) is 42.1 Å². The fourth-order valence-electron chi connectivity index (χ4n) is 6.57. The summed E-state index contributed by atoms with van der Waals surface area (Å²) in [4.78, 5) is 47.9. The molecule has 47 heavy (non-hydrogen) atoms. The SMILES string of the molecule is CC(C)(C)OC(=O)N[C@@H](Cc1ccccc1)C(=O)N[C@@H](Cc1cnc[nH]1)C(=O)N[C@@H](CC1CCCCC1)[C@H](O)CSC1CCCCC1. The summed E-state index contributed by atoms with van der Waals surface area (Å²) in [6, 6.07) is 7.02. The van der Waals surface area contributed by atoms with E-state index in [-0.39, 0.29) is 18.7 Å². The number of rotatable bonds is 15. The normalized spacial score (nSPS) is 18.8. The predicted molar refractivity (Wildman–Crippen MR) is 186 cm³/mol. The van der Waals surface area contributed by atoms with Gasteiger partial charge in [-0.1, -0.05) is 81.7 Å². The lowest BCUT2D eigenvalue weighted by Gasteiger charge is -2.32. The lowest BCUT2D eigenvalue weighted by molar-refractivity contribution is -0.130. The number of nitrogens with zero attached hydrogens (tertiary/aromatic N) is 1. The molecule has 2 fully saturated rings. The number of amides is 3. The number of nitrogens with one attached hydrogen (secondary N) is 4. The molecule has 11 heteroatoms. The number of carbonyl (C=O) groups is 3. The van der Waals surface area contributed by atoms with Gasteiger partial charge in [-0.15, -0.1) is 0 Å². The molecular formula is C36H55N5O5S. The van der Waals surface area contributed by atoms with Gasteiger partial charge in [-0.05, 0) is 51.5 Å². The summed E-state index contributed by atoms with van der Waals surface area (Å²) in [5.74, 6) is 0.138.